The molecule has 6 nitrogen and oxygen atoms in total. The lowest BCUT2D eigenvalue weighted by Crippen LogP contribution is -2.36. The highest BCUT2D eigenvalue weighted by atomic mass is 16.2. The molecule has 1 aliphatic rings. The fraction of sp³-hybridized carbons (Fsp3) is 0.333. The van der Waals surface area contributed by atoms with E-state index in [2.05, 4.69) is 4.98 Å². The molecule has 2 N–H and O–H groups in total. The molecule has 1 aromatic heterocycles. The molecule has 2 atom stereocenters. The van der Waals surface area contributed by atoms with Crippen molar-refractivity contribution in [2.75, 3.05) is 5.73 Å². The van der Waals surface area contributed by atoms with Crippen molar-refractivity contribution in [3.8, 4) is 0 Å². The zero-order chi connectivity index (χ0) is 18.7. The minimum Gasteiger partial charge on any atom is -0.398 e. The van der Waals surface area contributed by atoms with Crippen LogP contribution in [0, 0.1) is 6.92 Å². The van der Waals surface area contributed by atoms with E-state index in [0.29, 0.717) is 0 Å². The third kappa shape index (κ3) is 2.12. The Morgan fingerprint density at radius 2 is 2.19 bits per heavy atom. The van der Waals surface area contributed by atoms with Gasteiger partial charge >= 0.3 is 0 Å². The van der Waals surface area contributed by atoms with Crippen LogP contribution in [0.15, 0.2) is 23.0 Å². The summed E-state index contributed by atoms with van der Waals surface area (Å²) in [6, 6.07) is 1.23. The molecule has 0 radical (unpaired) electrons. The molecule has 108 valence electrons. The molecule has 6 heteroatoms. The van der Waals surface area contributed by atoms with Gasteiger partial charge in [-0.15, -0.1) is 0 Å². The number of anilines is 1. The van der Waals surface area contributed by atoms with Gasteiger partial charge in [0.2, 0.25) is 0 Å². The second-order valence-corrected chi connectivity index (χ2v) is 4.83. The van der Waals surface area contributed by atoms with E-state index in [1.807, 2.05) is 0 Å². The first-order valence-electron chi connectivity index (χ1n) is 8.40. The summed E-state index contributed by atoms with van der Waals surface area (Å²) < 4.78 is 32.2. The number of aromatic nitrogens is 2. The van der Waals surface area contributed by atoms with Crippen LogP contribution in [0.2, 0.25) is 0 Å². The topological polar surface area (TPSA) is 95.0 Å². The lowest BCUT2D eigenvalue weighted by molar-refractivity contribution is -0.132. The smallest absolute Gasteiger partial charge is 0.264 e. The number of Topliss-reactive ketones (excluding diaryl/α,β-unsaturated/α-hetero) is 2. The summed E-state index contributed by atoms with van der Waals surface area (Å²) in [7, 11) is 0. The highest BCUT2D eigenvalue weighted by Crippen LogP contribution is 2.24. The van der Waals surface area contributed by atoms with Gasteiger partial charge in [0, 0.05) is 16.2 Å². The van der Waals surface area contributed by atoms with E-state index >= 15 is 0 Å². The average molecular weight is 289 g/mol. The van der Waals surface area contributed by atoms with Gasteiger partial charge < -0.3 is 5.73 Å². The molecule has 0 spiro atoms. The molecular formula is C15H15N3O3. The molecule has 0 aliphatic heterocycles. The van der Waals surface area contributed by atoms with Gasteiger partial charge in [-0.3, -0.25) is 19.0 Å². The number of aryl methyl sites for hydroxylation is 1. The normalized spacial score (nSPS) is 27.9. The number of nitrogen functional groups attached to an aromatic ring is 1. The fourth-order valence-corrected chi connectivity index (χ4v) is 2.44. The highest BCUT2D eigenvalue weighted by molar-refractivity contribution is 6.03. The predicted octanol–water partition coefficient (Wildman–Crippen LogP) is 1.15. The number of hydrogen-bond donors (Lipinski definition) is 1. The maximum atomic E-state index is 12.9. The van der Waals surface area contributed by atoms with Crippen LogP contribution < -0.4 is 11.3 Å². The molecule has 1 fully saturated rings. The molecule has 0 bridgehead atoms. The molecule has 0 amide bonds. The summed E-state index contributed by atoms with van der Waals surface area (Å²) in [5.41, 5.74) is 5.32. The molecule has 3 rings (SSSR count). The maximum Gasteiger partial charge on any atom is 0.264 e. The van der Waals surface area contributed by atoms with E-state index in [1.165, 1.54) is 19.1 Å². The van der Waals surface area contributed by atoms with Crippen LogP contribution in [0.4, 0.5) is 5.69 Å². The lowest BCUT2D eigenvalue weighted by Gasteiger charge is -2.24. The lowest BCUT2D eigenvalue weighted by atomic mass is 9.92. The van der Waals surface area contributed by atoms with Crippen LogP contribution in [0.25, 0.3) is 10.9 Å². The van der Waals surface area contributed by atoms with Crippen molar-refractivity contribution in [3.05, 3.63) is 34.4 Å². The Bertz CT molecular complexity index is 986. The van der Waals surface area contributed by atoms with E-state index in [4.69, 9.17) is 11.2 Å². The Kier molecular flexibility index (Phi) is 2.16. The summed E-state index contributed by atoms with van der Waals surface area (Å²) in [4.78, 5) is 41.1. The number of carbonyl (C=O) groups excluding carboxylic acids is 2. The van der Waals surface area contributed by atoms with Crippen LogP contribution in [0.3, 0.4) is 0 Å². The minimum atomic E-state index is -2.55. The van der Waals surface area contributed by atoms with Crippen molar-refractivity contribution >= 4 is 28.2 Å². The Morgan fingerprint density at radius 1 is 1.43 bits per heavy atom. The zero-order valence-electron chi connectivity index (χ0n) is 15.2. The Hall–Kier alpha value is -2.50. The van der Waals surface area contributed by atoms with E-state index in [0.717, 1.165) is 4.57 Å². The van der Waals surface area contributed by atoms with Crippen LogP contribution in [0.5, 0.6) is 0 Å². The summed E-state index contributed by atoms with van der Waals surface area (Å²) in [5, 5.41) is -0.000869. The van der Waals surface area contributed by atoms with Gasteiger partial charge in [0.1, 0.15) is 11.6 Å². The largest absolute Gasteiger partial charge is 0.398 e. The van der Waals surface area contributed by atoms with E-state index in [9.17, 15) is 14.4 Å². The molecule has 1 aromatic carbocycles. The Morgan fingerprint density at radius 3 is 2.95 bits per heavy atom. The van der Waals surface area contributed by atoms with E-state index < -0.39 is 42.4 Å². The molecule has 2 unspecified atom stereocenters. The molecule has 2 aromatic rings. The SMILES string of the molecule is [2H]c1cc(N)c2c(=O)n(C3C(=O)CC(=O)C([2H])([2H])C3[2H])c(C)nc2c1. The van der Waals surface area contributed by atoms with Crippen molar-refractivity contribution in [3.63, 3.8) is 0 Å². The number of hydrogen-bond acceptors (Lipinski definition) is 5. The number of fused-ring (bicyclic) bond motifs is 1. The van der Waals surface area contributed by atoms with Gasteiger partial charge in [0.25, 0.3) is 5.56 Å². The molecule has 1 saturated carbocycles. The maximum absolute atomic E-state index is 12.9. The van der Waals surface area contributed by atoms with Gasteiger partial charge in [-0.1, -0.05) is 6.04 Å². The number of carbonyl (C=O) groups is 2. The van der Waals surface area contributed by atoms with E-state index in [1.54, 1.807) is 0 Å². The first-order valence-corrected chi connectivity index (χ1v) is 6.33. The van der Waals surface area contributed by atoms with Crippen LogP contribution >= 0.6 is 0 Å². The average Bonchev–Trinajstić information content (AvgIpc) is 2.47. The fourth-order valence-electron chi connectivity index (χ4n) is 2.44. The van der Waals surface area contributed by atoms with Gasteiger partial charge in [0.05, 0.1) is 24.7 Å². The molecular weight excluding hydrogens is 270 g/mol. The van der Waals surface area contributed by atoms with Gasteiger partial charge in [0.15, 0.2) is 5.78 Å². The van der Waals surface area contributed by atoms with Crippen LogP contribution in [-0.4, -0.2) is 21.1 Å². The van der Waals surface area contributed by atoms with Crippen molar-refractivity contribution in [2.45, 2.75) is 32.2 Å². The van der Waals surface area contributed by atoms with Crippen LogP contribution in [-0.2, 0) is 9.59 Å². The summed E-state index contributed by atoms with van der Waals surface area (Å²) >= 11 is 0. The third-order valence-electron chi connectivity index (χ3n) is 3.41. The molecule has 1 heterocycles. The summed E-state index contributed by atoms with van der Waals surface area (Å²) in [5.74, 6) is -1.59. The number of rotatable bonds is 1. The Labute approximate surface area is 126 Å². The number of nitrogens with two attached hydrogens (primary N) is 1. The molecule has 1 aliphatic carbocycles. The second kappa shape index (κ2) is 4.80. The first kappa shape index (κ1) is 9.44. The van der Waals surface area contributed by atoms with Crippen molar-refractivity contribution in [1.29, 1.82) is 0 Å². The van der Waals surface area contributed by atoms with Crippen molar-refractivity contribution < 1.29 is 15.1 Å². The number of nitrogens with zero attached hydrogens (tertiary/aromatic N) is 2. The predicted molar refractivity (Wildman–Crippen MR) is 78.1 cm³/mol. The third-order valence-corrected chi connectivity index (χ3v) is 3.41. The first-order chi connectivity index (χ1) is 11.6. The monoisotopic (exact) mass is 289 g/mol. The summed E-state index contributed by atoms with van der Waals surface area (Å²) in [6.45, 7) is 1.44. The van der Waals surface area contributed by atoms with Crippen LogP contribution in [0.1, 0.15) is 36.5 Å². The van der Waals surface area contributed by atoms with Gasteiger partial charge in [-0.05, 0) is 25.5 Å². The highest BCUT2D eigenvalue weighted by Gasteiger charge is 2.30. The summed E-state index contributed by atoms with van der Waals surface area (Å²) in [6.07, 6.45) is -5.00. The standard InChI is InChI=1S/C15H15N3O3/c1-8-17-11-4-2-3-10(16)14(11)15(21)18(8)12-6-5-9(19)7-13(12)20/h2-4,12H,5-7,16H2,1H3/i2D,5D2,6D. The quantitative estimate of drug-likeness (QED) is 0.627. The zero-order valence-corrected chi connectivity index (χ0v) is 11.2. The number of ketones is 2. The molecule has 0 saturated heterocycles. The molecule has 21 heavy (non-hydrogen) atoms. The second-order valence-electron chi connectivity index (χ2n) is 4.83. The Balaban J connectivity index is 2.31. The van der Waals surface area contributed by atoms with Crippen molar-refractivity contribution in [2.24, 2.45) is 0 Å². The van der Waals surface area contributed by atoms with Gasteiger partial charge in [-0.2, -0.15) is 0 Å². The minimum absolute atomic E-state index is 0.000869. The van der Waals surface area contributed by atoms with Crippen molar-refractivity contribution in [1.82, 2.24) is 9.55 Å². The van der Waals surface area contributed by atoms with Gasteiger partial charge in [-0.25, -0.2) is 4.98 Å². The number of benzene rings is 1. The van der Waals surface area contributed by atoms with E-state index in [-0.39, 0.29) is 28.5 Å².